The van der Waals surface area contributed by atoms with Gasteiger partial charge in [-0.3, -0.25) is 0 Å². The monoisotopic (exact) mass is 257 g/mol. The van der Waals surface area contributed by atoms with Crippen molar-refractivity contribution in [1.82, 2.24) is 10.1 Å². The lowest BCUT2D eigenvalue weighted by atomic mass is 10.1. The van der Waals surface area contributed by atoms with Crippen LogP contribution in [-0.4, -0.2) is 17.3 Å². The normalized spacial score (nSPS) is 11.1. The van der Waals surface area contributed by atoms with E-state index >= 15 is 0 Å². The predicted octanol–water partition coefficient (Wildman–Crippen LogP) is 3.03. The molecule has 2 aromatic heterocycles. The molecular weight excluding hydrogens is 242 g/mol. The molecule has 1 aromatic carbocycles. The Morgan fingerprint density at radius 1 is 1.26 bits per heavy atom. The van der Waals surface area contributed by atoms with Crippen LogP contribution >= 0.6 is 0 Å². The van der Waals surface area contributed by atoms with Gasteiger partial charge in [-0.15, -0.1) is 0 Å². The molecule has 2 heterocycles. The Morgan fingerprint density at radius 3 is 2.68 bits per heavy atom. The van der Waals surface area contributed by atoms with Crippen molar-refractivity contribution in [3.63, 3.8) is 0 Å². The van der Waals surface area contributed by atoms with Gasteiger partial charge in [0.2, 0.25) is 0 Å². The molecule has 0 amide bonds. The number of nitrogen functional groups attached to an aromatic ring is 1. The van der Waals surface area contributed by atoms with E-state index in [1.54, 1.807) is 13.2 Å². The summed E-state index contributed by atoms with van der Waals surface area (Å²) >= 11 is 0. The number of aryl methyl sites for hydroxylation is 2. The fourth-order valence-electron chi connectivity index (χ4n) is 2.41. The van der Waals surface area contributed by atoms with Crippen molar-refractivity contribution in [2.75, 3.05) is 12.8 Å². The zero-order valence-electron chi connectivity index (χ0n) is 11.1. The van der Waals surface area contributed by atoms with Crippen molar-refractivity contribution < 1.29 is 9.26 Å². The van der Waals surface area contributed by atoms with E-state index in [-0.39, 0.29) is 0 Å². The van der Waals surface area contributed by atoms with Gasteiger partial charge < -0.3 is 20.0 Å². The van der Waals surface area contributed by atoms with E-state index in [1.807, 2.05) is 26.0 Å². The van der Waals surface area contributed by atoms with Crippen molar-refractivity contribution in [3.8, 4) is 17.1 Å². The zero-order chi connectivity index (χ0) is 13.6. The number of hydrogen-bond acceptors (Lipinski definition) is 4. The van der Waals surface area contributed by atoms with E-state index in [4.69, 9.17) is 15.0 Å². The maximum absolute atomic E-state index is 5.63. The lowest BCUT2D eigenvalue weighted by molar-refractivity contribution is 0.415. The first-order valence-electron chi connectivity index (χ1n) is 5.99. The van der Waals surface area contributed by atoms with E-state index in [2.05, 4.69) is 10.1 Å². The number of nitrogens with zero attached hydrogens (tertiary/aromatic N) is 1. The first kappa shape index (κ1) is 11.6. The van der Waals surface area contributed by atoms with Crippen LogP contribution in [0, 0.1) is 13.8 Å². The third-order valence-electron chi connectivity index (χ3n) is 3.28. The molecule has 0 saturated heterocycles. The first-order valence-corrected chi connectivity index (χ1v) is 5.99. The van der Waals surface area contributed by atoms with Crippen LogP contribution in [-0.2, 0) is 0 Å². The number of methoxy groups -OCH3 is 1. The first-order chi connectivity index (χ1) is 9.10. The Labute approximate surface area is 110 Å². The fraction of sp³-hybridized carbons (Fsp3) is 0.214. The quantitative estimate of drug-likeness (QED) is 0.739. The van der Waals surface area contributed by atoms with Crippen molar-refractivity contribution in [2.45, 2.75) is 13.8 Å². The molecule has 3 N–H and O–H groups in total. The number of H-pyrrole nitrogens is 1. The average molecular weight is 257 g/mol. The number of ether oxygens (including phenoxy) is 1. The molecule has 3 rings (SSSR count). The lowest BCUT2D eigenvalue weighted by Gasteiger charge is -2.03. The Morgan fingerprint density at radius 2 is 2.05 bits per heavy atom. The van der Waals surface area contributed by atoms with Gasteiger partial charge in [0.1, 0.15) is 5.75 Å². The summed E-state index contributed by atoms with van der Waals surface area (Å²) in [5.74, 6) is 1.86. The number of nitrogens with two attached hydrogens (primary N) is 1. The number of aromatic nitrogens is 2. The summed E-state index contributed by atoms with van der Waals surface area (Å²) in [6.07, 6.45) is 0. The number of fused-ring (bicyclic) bond motifs is 1. The van der Waals surface area contributed by atoms with Gasteiger partial charge in [-0.25, -0.2) is 0 Å². The van der Waals surface area contributed by atoms with Crippen LogP contribution in [0.3, 0.4) is 0 Å². The molecule has 0 aliphatic heterocycles. The summed E-state index contributed by atoms with van der Waals surface area (Å²) in [5.41, 5.74) is 9.81. The molecule has 98 valence electrons. The molecule has 5 nitrogen and oxygen atoms in total. The fourth-order valence-corrected chi connectivity index (χ4v) is 2.41. The maximum Gasteiger partial charge on any atom is 0.171 e. The van der Waals surface area contributed by atoms with Crippen LogP contribution in [0.1, 0.15) is 11.3 Å². The van der Waals surface area contributed by atoms with E-state index in [9.17, 15) is 0 Å². The number of anilines is 1. The minimum atomic E-state index is 0.378. The molecule has 5 heteroatoms. The van der Waals surface area contributed by atoms with Gasteiger partial charge in [-0.05, 0) is 31.5 Å². The summed E-state index contributed by atoms with van der Waals surface area (Å²) in [7, 11) is 1.66. The molecule has 3 aromatic rings. The molecule has 0 bridgehead atoms. The summed E-state index contributed by atoms with van der Waals surface area (Å²) in [5, 5.41) is 4.79. The van der Waals surface area contributed by atoms with Gasteiger partial charge in [-0.1, -0.05) is 5.16 Å². The molecule has 0 fully saturated rings. The van der Waals surface area contributed by atoms with Crippen molar-refractivity contribution in [1.29, 1.82) is 0 Å². The van der Waals surface area contributed by atoms with Gasteiger partial charge in [0.15, 0.2) is 11.6 Å². The van der Waals surface area contributed by atoms with Gasteiger partial charge in [0, 0.05) is 28.2 Å². The van der Waals surface area contributed by atoms with Crippen LogP contribution in [0.15, 0.2) is 22.7 Å². The van der Waals surface area contributed by atoms with Gasteiger partial charge in [-0.2, -0.15) is 0 Å². The third kappa shape index (κ3) is 1.74. The van der Waals surface area contributed by atoms with Crippen molar-refractivity contribution >= 4 is 16.7 Å². The highest BCUT2D eigenvalue weighted by atomic mass is 16.5. The topological polar surface area (TPSA) is 77.1 Å². The summed E-state index contributed by atoms with van der Waals surface area (Å²) in [6, 6.07) is 5.71. The Kier molecular flexibility index (Phi) is 2.48. The molecule has 0 unspecified atom stereocenters. The van der Waals surface area contributed by atoms with Gasteiger partial charge in [0.25, 0.3) is 0 Å². The Hall–Kier alpha value is -2.43. The molecular formula is C14H15N3O2. The minimum Gasteiger partial charge on any atom is -0.497 e. The SMILES string of the molecule is COc1cc(C)c2[nH]c(C)c(-c3cc(N)no3)c2c1. The summed E-state index contributed by atoms with van der Waals surface area (Å²) < 4.78 is 10.6. The number of rotatable bonds is 2. The standard InChI is InChI=1S/C14H15N3O2/c1-7-4-9(18-3)5-10-13(8(2)16-14(7)10)11-6-12(15)17-19-11/h4-6,16H,1-3H3,(H2,15,17). The second-order valence-corrected chi connectivity index (χ2v) is 4.61. The second kappa shape index (κ2) is 4.05. The number of nitrogens with one attached hydrogen (secondary N) is 1. The van der Waals surface area contributed by atoms with E-state index in [1.165, 1.54) is 0 Å². The Balaban J connectivity index is 2.35. The molecule has 0 aliphatic carbocycles. The van der Waals surface area contributed by atoms with E-state index < -0.39 is 0 Å². The zero-order valence-corrected chi connectivity index (χ0v) is 11.1. The lowest BCUT2D eigenvalue weighted by Crippen LogP contribution is -1.85. The summed E-state index contributed by atoms with van der Waals surface area (Å²) in [6.45, 7) is 4.04. The second-order valence-electron chi connectivity index (χ2n) is 4.61. The van der Waals surface area contributed by atoms with Gasteiger partial charge >= 0.3 is 0 Å². The molecule has 0 spiro atoms. The Bertz CT molecular complexity index is 755. The highest BCUT2D eigenvalue weighted by Gasteiger charge is 2.16. The molecule has 0 atom stereocenters. The predicted molar refractivity (Wildman–Crippen MR) is 74.2 cm³/mol. The third-order valence-corrected chi connectivity index (χ3v) is 3.28. The number of hydrogen-bond donors (Lipinski definition) is 2. The van der Waals surface area contributed by atoms with E-state index in [0.29, 0.717) is 11.6 Å². The molecule has 19 heavy (non-hydrogen) atoms. The van der Waals surface area contributed by atoms with Crippen LogP contribution < -0.4 is 10.5 Å². The highest BCUT2D eigenvalue weighted by Crippen LogP contribution is 2.36. The number of benzene rings is 1. The smallest absolute Gasteiger partial charge is 0.171 e. The largest absolute Gasteiger partial charge is 0.497 e. The van der Waals surface area contributed by atoms with Crippen LogP contribution in [0.4, 0.5) is 5.82 Å². The van der Waals surface area contributed by atoms with Crippen molar-refractivity contribution in [2.24, 2.45) is 0 Å². The summed E-state index contributed by atoms with van der Waals surface area (Å²) in [4.78, 5) is 3.37. The number of aromatic amines is 1. The minimum absolute atomic E-state index is 0.378. The van der Waals surface area contributed by atoms with Gasteiger partial charge in [0.05, 0.1) is 7.11 Å². The molecule has 0 radical (unpaired) electrons. The maximum atomic E-state index is 5.63. The van der Waals surface area contributed by atoms with Crippen LogP contribution in [0.5, 0.6) is 5.75 Å². The van der Waals surface area contributed by atoms with E-state index in [0.717, 1.165) is 33.5 Å². The van der Waals surface area contributed by atoms with Crippen LogP contribution in [0.2, 0.25) is 0 Å². The molecule has 0 aliphatic rings. The highest BCUT2D eigenvalue weighted by molar-refractivity contribution is 5.98. The molecule has 0 saturated carbocycles. The van der Waals surface area contributed by atoms with Crippen molar-refractivity contribution in [3.05, 3.63) is 29.5 Å². The van der Waals surface area contributed by atoms with Crippen LogP contribution in [0.25, 0.3) is 22.2 Å². The average Bonchev–Trinajstić information content (AvgIpc) is 2.92.